The first-order valence-corrected chi connectivity index (χ1v) is 5.66. The van der Waals surface area contributed by atoms with Crippen LogP contribution in [0.5, 0.6) is 0 Å². The molecule has 96 valence electrons. The minimum absolute atomic E-state index is 0. The van der Waals surface area contributed by atoms with Crippen LogP contribution < -0.4 is 5.32 Å². The first-order valence-electron chi connectivity index (χ1n) is 5.66. The quantitative estimate of drug-likeness (QED) is 0.814. The van der Waals surface area contributed by atoms with Crippen molar-refractivity contribution in [1.29, 1.82) is 0 Å². The van der Waals surface area contributed by atoms with E-state index in [1.165, 1.54) is 0 Å². The largest absolute Gasteiger partial charge is 0.303 e. The van der Waals surface area contributed by atoms with Gasteiger partial charge in [0.2, 0.25) is 0 Å². The molecular weight excluding hydrogens is 244 g/mol. The molecule has 1 unspecified atom stereocenters. The maximum Gasteiger partial charge on any atom is 0.269 e. The Labute approximate surface area is 107 Å². The summed E-state index contributed by atoms with van der Waals surface area (Å²) < 4.78 is 28.1. The number of nitrogens with one attached hydrogen (secondary N) is 1. The van der Waals surface area contributed by atoms with E-state index in [0.717, 1.165) is 5.56 Å². The van der Waals surface area contributed by atoms with Crippen molar-refractivity contribution in [3.63, 3.8) is 0 Å². The van der Waals surface area contributed by atoms with Gasteiger partial charge in [-0.05, 0) is 37.9 Å². The SMILES string of the molecule is Cc1ccccc1C1(C)NCCCC1(F)F.Cl. The monoisotopic (exact) mass is 261 g/mol. The van der Waals surface area contributed by atoms with Crippen LogP contribution in [-0.2, 0) is 5.54 Å². The Bertz CT molecular complexity index is 395. The zero-order chi connectivity index (χ0) is 11.8. The number of benzene rings is 1. The van der Waals surface area contributed by atoms with Crippen LogP contribution >= 0.6 is 12.4 Å². The molecule has 0 radical (unpaired) electrons. The fourth-order valence-electron chi connectivity index (χ4n) is 2.45. The van der Waals surface area contributed by atoms with E-state index >= 15 is 0 Å². The molecule has 1 saturated heterocycles. The zero-order valence-electron chi connectivity index (χ0n) is 10.1. The fraction of sp³-hybridized carbons (Fsp3) is 0.538. The summed E-state index contributed by atoms with van der Waals surface area (Å²) >= 11 is 0. The lowest BCUT2D eigenvalue weighted by Gasteiger charge is -2.43. The van der Waals surface area contributed by atoms with Gasteiger partial charge in [0.15, 0.2) is 0 Å². The van der Waals surface area contributed by atoms with Crippen molar-refractivity contribution in [2.24, 2.45) is 0 Å². The van der Waals surface area contributed by atoms with E-state index in [2.05, 4.69) is 5.32 Å². The summed E-state index contributed by atoms with van der Waals surface area (Å²) in [6.07, 6.45) is 0.499. The van der Waals surface area contributed by atoms with Crippen LogP contribution in [0.2, 0.25) is 0 Å². The van der Waals surface area contributed by atoms with Crippen LogP contribution in [0, 0.1) is 6.92 Å². The van der Waals surface area contributed by atoms with E-state index in [4.69, 9.17) is 0 Å². The second-order valence-corrected chi connectivity index (χ2v) is 4.67. The van der Waals surface area contributed by atoms with Gasteiger partial charge in [-0.2, -0.15) is 0 Å². The standard InChI is InChI=1S/C13H17F2N.ClH/c1-10-6-3-4-7-11(10)12(2)13(14,15)8-5-9-16-12;/h3-4,6-7,16H,5,8-9H2,1-2H3;1H. The Morgan fingerprint density at radius 2 is 1.88 bits per heavy atom. The molecule has 0 aliphatic carbocycles. The van der Waals surface area contributed by atoms with Crippen LogP contribution in [0.25, 0.3) is 0 Å². The number of rotatable bonds is 1. The van der Waals surface area contributed by atoms with E-state index in [0.29, 0.717) is 18.5 Å². The van der Waals surface area contributed by atoms with Gasteiger partial charge in [0.1, 0.15) is 5.54 Å². The predicted octanol–water partition coefficient (Wildman–Crippen LogP) is 3.65. The van der Waals surface area contributed by atoms with Crippen molar-refractivity contribution in [2.75, 3.05) is 6.54 Å². The third-order valence-electron chi connectivity index (χ3n) is 3.56. The van der Waals surface area contributed by atoms with Gasteiger partial charge < -0.3 is 5.32 Å². The molecule has 4 heteroatoms. The van der Waals surface area contributed by atoms with E-state index in [9.17, 15) is 8.78 Å². The van der Waals surface area contributed by atoms with Crippen LogP contribution in [0.15, 0.2) is 24.3 Å². The lowest BCUT2D eigenvalue weighted by Crippen LogP contribution is -2.57. The van der Waals surface area contributed by atoms with Crippen LogP contribution in [0.3, 0.4) is 0 Å². The van der Waals surface area contributed by atoms with Gasteiger partial charge in [0, 0.05) is 6.42 Å². The molecule has 1 fully saturated rings. The van der Waals surface area contributed by atoms with Gasteiger partial charge in [0.05, 0.1) is 0 Å². The summed E-state index contributed by atoms with van der Waals surface area (Å²) in [5, 5.41) is 2.99. The minimum atomic E-state index is -2.68. The number of hydrogen-bond donors (Lipinski definition) is 1. The molecule has 0 spiro atoms. The van der Waals surface area contributed by atoms with Crippen LogP contribution in [0.4, 0.5) is 8.78 Å². The Morgan fingerprint density at radius 3 is 2.47 bits per heavy atom. The molecule has 1 aromatic rings. The molecule has 1 aliphatic rings. The third-order valence-corrected chi connectivity index (χ3v) is 3.56. The van der Waals surface area contributed by atoms with Crippen molar-refractivity contribution in [1.82, 2.24) is 5.32 Å². The molecule has 0 aromatic heterocycles. The molecule has 1 nitrogen and oxygen atoms in total. The van der Waals surface area contributed by atoms with E-state index in [1.54, 1.807) is 13.0 Å². The summed E-state index contributed by atoms with van der Waals surface area (Å²) in [5.74, 6) is -2.68. The zero-order valence-corrected chi connectivity index (χ0v) is 10.9. The van der Waals surface area contributed by atoms with Crippen molar-refractivity contribution < 1.29 is 8.78 Å². The maximum atomic E-state index is 14.1. The predicted molar refractivity (Wildman–Crippen MR) is 68.0 cm³/mol. The molecular formula is C13H18ClF2N. The van der Waals surface area contributed by atoms with Gasteiger partial charge in [-0.15, -0.1) is 12.4 Å². The van der Waals surface area contributed by atoms with Crippen molar-refractivity contribution in [2.45, 2.75) is 38.2 Å². The highest BCUT2D eigenvalue weighted by Gasteiger charge is 2.52. The van der Waals surface area contributed by atoms with Crippen molar-refractivity contribution in [3.05, 3.63) is 35.4 Å². The van der Waals surface area contributed by atoms with E-state index in [-0.39, 0.29) is 18.8 Å². The Kier molecular flexibility index (Phi) is 4.15. The smallest absolute Gasteiger partial charge is 0.269 e. The molecule has 17 heavy (non-hydrogen) atoms. The van der Waals surface area contributed by atoms with Gasteiger partial charge in [-0.25, -0.2) is 8.78 Å². The second-order valence-electron chi connectivity index (χ2n) is 4.67. The summed E-state index contributed by atoms with van der Waals surface area (Å²) in [4.78, 5) is 0. The molecule has 1 heterocycles. The van der Waals surface area contributed by atoms with Crippen LogP contribution in [0.1, 0.15) is 30.9 Å². The number of piperidine rings is 1. The molecule has 2 rings (SSSR count). The maximum absolute atomic E-state index is 14.1. The average Bonchev–Trinajstić information content (AvgIpc) is 2.23. The summed E-state index contributed by atoms with van der Waals surface area (Å²) in [7, 11) is 0. The van der Waals surface area contributed by atoms with Gasteiger partial charge in [-0.3, -0.25) is 0 Å². The molecule has 1 atom stereocenters. The number of halogens is 3. The molecule has 0 amide bonds. The van der Waals surface area contributed by atoms with E-state index < -0.39 is 11.5 Å². The third kappa shape index (κ3) is 2.31. The molecule has 1 N–H and O–H groups in total. The molecule has 0 bridgehead atoms. The Morgan fingerprint density at radius 1 is 1.24 bits per heavy atom. The molecule has 0 saturated carbocycles. The highest BCUT2D eigenvalue weighted by molar-refractivity contribution is 5.85. The minimum Gasteiger partial charge on any atom is -0.303 e. The fourth-order valence-corrected chi connectivity index (χ4v) is 2.45. The van der Waals surface area contributed by atoms with Gasteiger partial charge in [-0.1, -0.05) is 24.3 Å². The first kappa shape index (κ1) is 14.4. The van der Waals surface area contributed by atoms with Crippen molar-refractivity contribution >= 4 is 12.4 Å². The van der Waals surface area contributed by atoms with Crippen molar-refractivity contribution in [3.8, 4) is 0 Å². The lowest BCUT2D eigenvalue weighted by molar-refractivity contribution is -0.110. The number of alkyl halides is 2. The normalized spacial score (nSPS) is 27.3. The summed E-state index contributed by atoms with van der Waals surface area (Å²) in [5.41, 5.74) is 0.398. The highest BCUT2D eigenvalue weighted by atomic mass is 35.5. The second kappa shape index (κ2) is 4.91. The first-order chi connectivity index (χ1) is 7.47. The number of hydrogen-bond acceptors (Lipinski definition) is 1. The molecule has 1 aromatic carbocycles. The molecule has 1 aliphatic heterocycles. The Hall–Kier alpha value is -0.670. The summed E-state index contributed by atoms with van der Waals surface area (Å²) in [6, 6.07) is 7.37. The summed E-state index contributed by atoms with van der Waals surface area (Å²) in [6.45, 7) is 4.14. The van der Waals surface area contributed by atoms with Gasteiger partial charge >= 0.3 is 0 Å². The topological polar surface area (TPSA) is 12.0 Å². The Balaban J connectivity index is 0.00000144. The highest BCUT2D eigenvalue weighted by Crippen LogP contribution is 2.43. The number of aryl methyl sites for hydroxylation is 1. The average molecular weight is 262 g/mol. The van der Waals surface area contributed by atoms with E-state index in [1.807, 2.05) is 25.1 Å². The lowest BCUT2D eigenvalue weighted by atomic mass is 9.79. The van der Waals surface area contributed by atoms with Gasteiger partial charge in [0.25, 0.3) is 5.92 Å². The van der Waals surface area contributed by atoms with Crippen LogP contribution in [-0.4, -0.2) is 12.5 Å².